The Balaban J connectivity index is 2.07. The first kappa shape index (κ1) is 8.38. The van der Waals surface area contributed by atoms with Gasteiger partial charge >= 0.3 is 0 Å². The summed E-state index contributed by atoms with van der Waals surface area (Å²) >= 11 is 0. The first-order valence-electron chi connectivity index (χ1n) is 4.19. The highest BCUT2D eigenvalue weighted by atomic mass is 31.0. The average molecular weight is 190 g/mol. The highest BCUT2D eigenvalue weighted by Gasteiger charge is 2.42. The zero-order valence-corrected chi connectivity index (χ0v) is 9.21. The minimum absolute atomic E-state index is 0.760. The number of hydrogen-bond acceptors (Lipinski definition) is 2. The van der Waals surface area contributed by atoms with Crippen LogP contribution in [0.3, 0.4) is 0 Å². The van der Waals surface area contributed by atoms with Crippen molar-refractivity contribution in [3.05, 3.63) is 0 Å². The van der Waals surface area contributed by atoms with Crippen LogP contribution >= 0.6 is 18.8 Å². The molecule has 0 radical (unpaired) electrons. The first-order chi connectivity index (χ1) is 5.18. The largest absolute Gasteiger partial charge is 0.287 e. The zero-order chi connectivity index (χ0) is 8.01. The molecule has 0 aromatic carbocycles. The molecule has 2 saturated heterocycles. The van der Waals surface area contributed by atoms with Crippen LogP contribution in [0.1, 0.15) is 6.92 Å². The molecule has 0 saturated carbocycles. The van der Waals surface area contributed by atoms with Gasteiger partial charge in [0.05, 0.1) is 0 Å². The Hall–Kier alpha value is 0.780. The van der Waals surface area contributed by atoms with E-state index in [2.05, 4.69) is 35.0 Å². The minimum Gasteiger partial charge on any atom is -0.287 e. The summed E-state index contributed by atoms with van der Waals surface area (Å²) in [6.45, 7) is 6.13. The highest BCUT2D eigenvalue weighted by molar-refractivity contribution is 7.13. The molecule has 0 aromatic rings. The maximum absolute atomic E-state index is 2.84. The summed E-state index contributed by atoms with van der Waals surface area (Å²) in [5, 5.41) is 0. The van der Waals surface area contributed by atoms with E-state index in [9.17, 15) is 0 Å². The summed E-state index contributed by atoms with van der Waals surface area (Å²) in [6.07, 6.45) is 0. The lowest BCUT2D eigenvalue weighted by atomic mass is 9.95. The van der Waals surface area contributed by atoms with Crippen molar-refractivity contribution in [1.29, 1.82) is 0 Å². The highest BCUT2D eigenvalue weighted by Crippen LogP contribution is 2.38. The standard InChI is InChI=1S/C7H16N2P2/c1-5-7-4-8(10)2-6(7)3-9(5)11/h5-7H,2-4,10-11H2,1H3. The Morgan fingerprint density at radius 2 is 1.91 bits per heavy atom. The van der Waals surface area contributed by atoms with Crippen LogP contribution in [0.25, 0.3) is 0 Å². The molecule has 2 aliphatic heterocycles. The van der Waals surface area contributed by atoms with Crippen LogP contribution in [0.2, 0.25) is 0 Å². The third kappa shape index (κ3) is 1.35. The topological polar surface area (TPSA) is 6.48 Å². The van der Waals surface area contributed by atoms with Crippen molar-refractivity contribution in [2.45, 2.75) is 13.0 Å². The van der Waals surface area contributed by atoms with Gasteiger partial charge in [-0.15, -0.1) is 0 Å². The molecule has 64 valence electrons. The number of hydrogen-bond donors (Lipinski definition) is 0. The molecule has 0 amide bonds. The van der Waals surface area contributed by atoms with Crippen LogP contribution in [0, 0.1) is 11.8 Å². The van der Waals surface area contributed by atoms with Crippen LogP contribution in [-0.2, 0) is 0 Å². The fourth-order valence-electron chi connectivity index (χ4n) is 2.35. The molecule has 2 fully saturated rings. The van der Waals surface area contributed by atoms with Gasteiger partial charge in [0.25, 0.3) is 0 Å². The van der Waals surface area contributed by atoms with Crippen molar-refractivity contribution < 1.29 is 0 Å². The molecule has 5 atom stereocenters. The number of nitrogens with zero attached hydrogens (tertiary/aromatic N) is 2. The van der Waals surface area contributed by atoms with E-state index in [1.165, 1.54) is 19.6 Å². The Labute approximate surface area is 73.2 Å². The Morgan fingerprint density at radius 3 is 2.55 bits per heavy atom. The van der Waals surface area contributed by atoms with Gasteiger partial charge in [-0.2, -0.15) is 0 Å². The SMILES string of the molecule is CC1C2CN(P)CC2CN1P. The van der Waals surface area contributed by atoms with Crippen molar-refractivity contribution >= 4 is 18.8 Å². The van der Waals surface area contributed by atoms with Crippen molar-refractivity contribution in [3.63, 3.8) is 0 Å². The van der Waals surface area contributed by atoms with Crippen LogP contribution in [0.4, 0.5) is 0 Å². The molecule has 0 bridgehead atoms. The minimum atomic E-state index is 0.760. The zero-order valence-electron chi connectivity index (χ0n) is 6.90. The lowest BCUT2D eigenvalue weighted by molar-refractivity contribution is 0.369. The van der Waals surface area contributed by atoms with Gasteiger partial charge in [0.15, 0.2) is 0 Å². The van der Waals surface area contributed by atoms with Gasteiger partial charge in [0, 0.05) is 25.7 Å². The van der Waals surface area contributed by atoms with Gasteiger partial charge in [-0.05, 0) is 18.8 Å². The molecule has 5 unspecified atom stereocenters. The predicted octanol–water partition coefficient (Wildman–Crippen LogP) is 0.819. The monoisotopic (exact) mass is 190 g/mol. The lowest BCUT2D eigenvalue weighted by Gasteiger charge is -2.20. The molecule has 11 heavy (non-hydrogen) atoms. The number of fused-ring (bicyclic) bond motifs is 1. The van der Waals surface area contributed by atoms with E-state index < -0.39 is 0 Å². The molecular weight excluding hydrogens is 174 g/mol. The molecule has 2 heterocycles. The summed E-state index contributed by atoms with van der Waals surface area (Å²) in [7, 11) is 5.66. The second kappa shape index (κ2) is 2.92. The summed E-state index contributed by atoms with van der Waals surface area (Å²) in [5.41, 5.74) is 0. The maximum Gasteiger partial charge on any atom is 0.0145 e. The normalized spacial score (nSPS) is 46.6. The molecule has 2 nitrogen and oxygen atoms in total. The van der Waals surface area contributed by atoms with Gasteiger partial charge in [-0.1, -0.05) is 18.8 Å². The van der Waals surface area contributed by atoms with Gasteiger partial charge in [0.1, 0.15) is 0 Å². The quantitative estimate of drug-likeness (QED) is 0.522. The van der Waals surface area contributed by atoms with Crippen molar-refractivity contribution in [3.8, 4) is 0 Å². The van der Waals surface area contributed by atoms with E-state index in [1.807, 2.05) is 0 Å². The predicted molar refractivity (Wildman–Crippen MR) is 54.1 cm³/mol. The van der Waals surface area contributed by atoms with E-state index in [-0.39, 0.29) is 0 Å². The second-order valence-electron chi connectivity index (χ2n) is 3.82. The Morgan fingerprint density at radius 1 is 1.18 bits per heavy atom. The van der Waals surface area contributed by atoms with E-state index >= 15 is 0 Å². The summed E-state index contributed by atoms with van der Waals surface area (Å²) in [5.74, 6) is 1.82. The Bertz CT molecular complexity index is 165. The van der Waals surface area contributed by atoms with Gasteiger partial charge in [-0.25, -0.2) is 0 Å². The Kier molecular flexibility index (Phi) is 2.23. The molecular formula is C7H16N2P2. The third-order valence-electron chi connectivity index (χ3n) is 3.11. The van der Waals surface area contributed by atoms with Crippen molar-refractivity contribution in [1.82, 2.24) is 9.34 Å². The van der Waals surface area contributed by atoms with Crippen molar-refractivity contribution in [2.75, 3.05) is 19.6 Å². The van der Waals surface area contributed by atoms with Gasteiger partial charge in [0.2, 0.25) is 0 Å². The van der Waals surface area contributed by atoms with E-state index in [1.54, 1.807) is 0 Å². The third-order valence-corrected chi connectivity index (χ3v) is 4.21. The summed E-state index contributed by atoms with van der Waals surface area (Å²) in [4.78, 5) is 0. The van der Waals surface area contributed by atoms with E-state index in [0.717, 1.165) is 17.9 Å². The summed E-state index contributed by atoms with van der Waals surface area (Å²) in [6, 6.07) is 0.760. The molecule has 2 aliphatic rings. The molecule has 0 spiro atoms. The average Bonchev–Trinajstić information content (AvgIpc) is 2.37. The molecule has 0 aromatic heterocycles. The van der Waals surface area contributed by atoms with Crippen molar-refractivity contribution in [2.24, 2.45) is 11.8 Å². The lowest BCUT2D eigenvalue weighted by Crippen LogP contribution is -2.25. The summed E-state index contributed by atoms with van der Waals surface area (Å²) < 4.78 is 4.79. The van der Waals surface area contributed by atoms with Crippen LogP contribution in [-0.4, -0.2) is 35.0 Å². The fourth-order valence-corrected chi connectivity index (χ4v) is 3.36. The van der Waals surface area contributed by atoms with Crippen LogP contribution in [0.5, 0.6) is 0 Å². The maximum atomic E-state index is 2.84. The van der Waals surface area contributed by atoms with Crippen LogP contribution < -0.4 is 0 Å². The van der Waals surface area contributed by atoms with E-state index in [4.69, 9.17) is 0 Å². The van der Waals surface area contributed by atoms with Gasteiger partial charge < -0.3 is 0 Å². The smallest absolute Gasteiger partial charge is 0.0145 e. The van der Waals surface area contributed by atoms with Gasteiger partial charge in [-0.3, -0.25) is 9.34 Å². The van der Waals surface area contributed by atoms with Crippen LogP contribution in [0.15, 0.2) is 0 Å². The molecule has 4 heteroatoms. The molecule has 2 rings (SSSR count). The number of rotatable bonds is 0. The van der Waals surface area contributed by atoms with E-state index in [0.29, 0.717) is 0 Å². The first-order valence-corrected chi connectivity index (χ1v) is 5.22. The molecule has 0 N–H and O–H groups in total. The second-order valence-corrected chi connectivity index (χ2v) is 5.21. The molecule has 0 aliphatic carbocycles. The fraction of sp³-hybridized carbons (Fsp3) is 1.00.